The van der Waals surface area contributed by atoms with Gasteiger partial charge in [0, 0.05) is 20.8 Å². The molecule has 20 heavy (non-hydrogen) atoms. The molecular formula is C10H16N5O3PS. The second-order valence-electron chi connectivity index (χ2n) is 3.88. The Labute approximate surface area is 121 Å². The minimum atomic E-state index is -2.30. The van der Waals surface area contributed by atoms with E-state index in [0.29, 0.717) is 30.1 Å². The molecule has 2 aromatic rings. The predicted octanol–water partition coefficient (Wildman–Crippen LogP) is 0.985. The molecule has 8 nitrogen and oxygen atoms in total. The van der Waals surface area contributed by atoms with Gasteiger partial charge in [0.15, 0.2) is 11.5 Å². The number of fused-ring (bicyclic) bond motifs is 1. The molecule has 0 amide bonds. The van der Waals surface area contributed by atoms with Gasteiger partial charge >= 0.3 is 0 Å². The van der Waals surface area contributed by atoms with Crippen LogP contribution in [0.25, 0.3) is 11.2 Å². The number of ether oxygens (including phenoxy) is 1. The van der Waals surface area contributed by atoms with E-state index < -0.39 is 6.49 Å². The van der Waals surface area contributed by atoms with Crippen LogP contribution in [0.3, 0.4) is 0 Å². The topological polar surface area (TPSA) is 97.3 Å². The molecule has 10 heteroatoms. The van der Waals surface area contributed by atoms with Crippen LogP contribution < -0.4 is 5.73 Å². The van der Waals surface area contributed by atoms with Crippen LogP contribution in [0.4, 0.5) is 5.82 Å². The van der Waals surface area contributed by atoms with Crippen LogP contribution in [0.15, 0.2) is 12.7 Å². The van der Waals surface area contributed by atoms with E-state index in [-0.39, 0.29) is 6.35 Å². The Bertz CT molecular complexity index is 626. The summed E-state index contributed by atoms with van der Waals surface area (Å²) in [6.45, 7) is -1.28. The van der Waals surface area contributed by atoms with Crippen molar-refractivity contribution in [1.82, 2.24) is 19.5 Å². The molecule has 0 saturated heterocycles. The summed E-state index contributed by atoms with van der Waals surface area (Å²) in [7, 11) is 3.05. The summed E-state index contributed by atoms with van der Waals surface area (Å²) in [5.41, 5.74) is 6.99. The summed E-state index contributed by atoms with van der Waals surface area (Å²) in [4.78, 5) is 12.2. The quantitative estimate of drug-likeness (QED) is 0.596. The summed E-state index contributed by atoms with van der Waals surface area (Å²) in [5, 5.41) is 0. The average molecular weight is 317 g/mol. The van der Waals surface area contributed by atoms with Gasteiger partial charge in [-0.1, -0.05) is 0 Å². The van der Waals surface area contributed by atoms with Gasteiger partial charge in [0.1, 0.15) is 18.2 Å². The smallest absolute Gasteiger partial charge is 0.214 e. The van der Waals surface area contributed by atoms with Gasteiger partial charge in [-0.25, -0.2) is 15.0 Å². The van der Waals surface area contributed by atoms with E-state index >= 15 is 0 Å². The largest absolute Gasteiger partial charge is 0.382 e. The molecule has 0 aliphatic heterocycles. The molecule has 0 spiro atoms. The SMILES string of the molecule is COP(=S)(COCCn1cnc2c(N)ncnc21)OC. The number of nitrogens with two attached hydrogens (primary N) is 1. The molecule has 0 fully saturated rings. The van der Waals surface area contributed by atoms with E-state index in [0.717, 1.165) is 0 Å². The zero-order chi connectivity index (χ0) is 14.6. The van der Waals surface area contributed by atoms with E-state index in [1.54, 1.807) is 6.33 Å². The van der Waals surface area contributed by atoms with E-state index in [2.05, 4.69) is 15.0 Å². The molecule has 2 heterocycles. The first-order chi connectivity index (χ1) is 9.59. The Balaban J connectivity index is 1.94. The maximum atomic E-state index is 5.72. The molecule has 0 aliphatic carbocycles. The highest BCUT2D eigenvalue weighted by molar-refractivity contribution is 8.09. The van der Waals surface area contributed by atoms with E-state index in [1.165, 1.54) is 20.5 Å². The number of rotatable bonds is 7. The minimum Gasteiger partial charge on any atom is -0.382 e. The van der Waals surface area contributed by atoms with Gasteiger partial charge in [0.25, 0.3) is 0 Å². The highest BCUT2D eigenvalue weighted by Gasteiger charge is 2.15. The third-order valence-electron chi connectivity index (χ3n) is 2.71. The van der Waals surface area contributed by atoms with Crippen molar-refractivity contribution >= 4 is 35.3 Å². The number of hydrogen-bond acceptors (Lipinski definition) is 8. The highest BCUT2D eigenvalue weighted by atomic mass is 32.5. The lowest BCUT2D eigenvalue weighted by atomic mass is 10.5. The van der Waals surface area contributed by atoms with Crippen LogP contribution in [-0.4, -0.2) is 46.7 Å². The van der Waals surface area contributed by atoms with Crippen LogP contribution in [0.2, 0.25) is 0 Å². The van der Waals surface area contributed by atoms with Gasteiger partial charge in [0.05, 0.1) is 12.9 Å². The fraction of sp³-hybridized carbons (Fsp3) is 0.500. The monoisotopic (exact) mass is 317 g/mol. The lowest BCUT2D eigenvalue weighted by Crippen LogP contribution is -2.08. The predicted molar refractivity (Wildman–Crippen MR) is 78.9 cm³/mol. The average Bonchev–Trinajstić information content (AvgIpc) is 2.88. The number of nitrogens with zero attached hydrogens (tertiary/aromatic N) is 4. The molecule has 0 aliphatic rings. The van der Waals surface area contributed by atoms with Gasteiger partial charge < -0.3 is 24.1 Å². The first-order valence-electron chi connectivity index (χ1n) is 5.79. The standard InChI is InChI=1S/C10H16N5O3PS/c1-16-19(20,17-2)7-18-4-3-15-6-14-8-9(11)12-5-13-10(8)15/h5-6H,3-4,7H2,1-2H3,(H2,11,12,13). The lowest BCUT2D eigenvalue weighted by molar-refractivity contribution is 0.152. The summed E-state index contributed by atoms with van der Waals surface area (Å²) in [6.07, 6.45) is 3.33. The molecule has 0 unspecified atom stereocenters. The van der Waals surface area contributed by atoms with Gasteiger partial charge in [0.2, 0.25) is 6.49 Å². The van der Waals surface area contributed by atoms with Crippen molar-refractivity contribution in [3.63, 3.8) is 0 Å². The summed E-state index contributed by atoms with van der Waals surface area (Å²) in [6, 6.07) is 0. The molecule has 0 aromatic carbocycles. The summed E-state index contributed by atoms with van der Waals surface area (Å²) < 4.78 is 17.6. The second-order valence-corrected chi connectivity index (χ2v) is 7.76. The maximum Gasteiger partial charge on any atom is 0.214 e. The maximum absolute atomic E-state index is 5.72. The van der Waals surface area contributed by atoms with Crippen LogP contribution in [0.1, 0.15) is 0 Å². The van der Waals surface area contributed by atoms with E-state index in [1.807, 2.05) is 4.57 Å². The number of aromatic nitrogens is 4. The zero-order valence-electron chi connectivity index (χ0n) is 11.2. The second kappa shape index (κ2) is 6.55. The molecule has 2 aromatic heterocycles. The van der Waals surface area contributed by atoms with E-state index in [4.69, 9.17) is 31.3 Å². The molecule has 0 saturated carbocycles. The van der Waals surface area contributed by atoms with Crippen LogP contribution in [0, 0.1) is 0 Å². The van der Waals surface area contributed by atoms with Crippen molar-refractivity contribution in [1.29, 1.82) is 0 Å². The summed E-state index contributed by atoms with van der Waals surface area (Å²) in [5.74, 6) is 0.365. The Hall–Kier alpha value is -1.12. The van der Waals surface area contributed by atoms with Crippen molar-refractivity contribution in [2.24, 2.45) is 0 Å². The van der Waals surface area contributed by atoms with Crippen molar-refractivity contribution < 1.29 is 13.8 Å². The third kappa shape index (κ3) is 3.31. The van der Waals surface area contributed by atoms with Gasteiger partial charge in [-0.3, -0.25) is 0 Å². The van der Waals surface area contributed by atoms with Gasteiger partial charge in [-0.05, 0) is 11.8 Å². The third-order valence-corrected chi connectivity index (χ3v) is 5.53. The number of imidazole rings is 1. The molecule has 2 N–H and O–H groups in total. The van der Waals surface area contributed by atoms with Crippen molar-refractivity contribution in [2.75, 3.05) is 32.9 Å². The van der Waals surface area contributed by atoms with Crippen LogP contribution >= 0.6 is 6.49 Å². The van der Waals surface area contributed by atoms with Crippen molar-refractivity contribution in [3.8, 4) is 0 Å². The summed E-state index contributed by atoms with van der Waals surface area (Å²) >= 11 is 5.20. The fourth-order valence-corrected chi connectivity index (χ4v) is 2.52. The lowest BCUT2D eigenvalue weighted by Gasteiger charge is -2.17. The molecule has 0 atom stereocenters. The fourth-order valence-electron chi connectivity index (χ4n) is 1.58. The van der Waals surface area contributed by atoms with Crippen LogP contribution in [-0.2, 0) is 32.1 Å². The molecule has 0 bridgehead atoms. The zero-order valence-corrected chi connectivity index (χ0v) is 12.9. The highest BCUT2D eigenvalue weighted by Crippen LogP contribution is 2.46. The van der Waals surface area contributed by atoms with Crippen molar-refractivity contribution in [2.45, 2.75) is 6.54 Å². The first kappa shape index (κ1) is 15.3. The number of nitrogen functional groups attached to an aromatic ring is 1. The Kier molecular flexibility index (Phi) is 5.00. The Morgan fingerprint density at radius 3 is 2.75 bits per heavy atom. The molecule has 2 rings (SSSR count). The Morgan fingerprint density at radius 1 is 1.30 bits per heavy atom. The molecule has 0 radical (unpaired) electrons. The normalized spacial score (nSPS) is 12.1. The van der Waals surface area contributed by atoms with Crippen LogP contribution in [0.5, 0.6) is 0 Å². The molecular weight excluding hydrogens is 301 g/mol. The number of hydrogen-bond donors (Lipinski definition) is 1. The number of anilines is 1. The minimum absolute atomic E-state index is 0.263. The Morgan fingerprint density at radius 2 is 2.05 bits per heavy atom. The van der Waals surface area contributed by atoms with Gasteiger partial charge in [-0.15, -0.1) is 0 Å². The first-order valence-corrected chi connectivity index (χ1v) is 8.61. The van der Waals surface area contributed by atoms with Crippen molar-refractivity contribution in [3.05, 3.63) is 12.7 Å². The van der Waals surface area contributed by atoms with E-state index in [9.17, 15) is 0 Å². The van der Waals surface area contributed by atoms with Gasteiger partial charge in [-0.2, -0.15) is 0 Å². The molecule has 110 valence electrons.